The Morgan fingerprint density at radius 3 is 3.00 bits per heavy atom. The monoisotopic (exact) mass is 274 g/mol. The van der Waals surface area contributed by atoms with E-state index in [9.17, 15) is 4.79 Å². The number of hydrazine groups is 1. The number of nitrogen functional groups attached to an aromatic ring is 1. The summed E-state index contributed by atoms with van der Waals surface area (Å²) in [6.07, 6.45) is 2.63. The molecule has 0 aromatic heterocycles. The molecule has 20 heavy (non-hydrogen) atoms. The van der Waals surface area contributed by atoms with Gasteiger partial charge in [-0.3, -0.25) is 20.0 Å². The molecule has 0 bridgehead atoms. The van der Waals surface area contributed by atoms with E-state index in [-0.39, 0.29) is 5.91 Å². The average Bonchev–Trinajstić information content (AvgIpc) is 2.94. The lowest BCUT2D eigenvalue weighted by atomic mass is 10.1. The number of fused-ring (bicyclic) bond motifs is 1. The van der Waals surface area contributed by atoms with E-state index < -0.39 is 0 Å². The Bertz CT molecular complexity index is 491. The van der Waals surface area contributed by atoms with Crippen LogP contribution in [-0.4, -0.2) is 47.9 Å². The molecule has 1 aromatic carbocycles. The molecule has 1 unspecified atom stereocenters. The second kappa shape index (κ2) is 5.91. The van der Waals surface area contributed by atoms with Crippen molar-refractivity contribution < 1.29 is 4.79 Å². The number of hydrogen-bond acceptors (Lipinski definition) is 4. The maximum atomic E-state index is 11.8. The number of nitrogens with two attached hydrogens (primary N) is 1. The fraction of sp³-hybridized carbons (Fsp3) is 0.533. The van der Waals surface area contributed by atoms with Gasteiger partial charge in [-0.2, -0.15) is 0 Å². The Morgan fingerprint density at radius 2 is 2.15 bits per heavy atom. The molecule has 2 fully saturated rings. The van der Waals surface area contributed by atoms with Crippen molar-refractivity contribution in [1.29, 1.82) is 0 Å². The van der Waals surface area contributed by atoms with Gasteiger partial charge in [0.05, 0.1) is 0 Å². The molecule has 0 aliphatic carbocycles. The van der Waals surface area contributed by atoms with Crippen molar-refractivity contribution in [3.05, 3.63) is 35.4 Å². The Hall–Kier alpha value is -1.43. The third-order valence-electron chi connectivity index (χ3n) is 4.46. The third kappa shape index (κ3) is 2.70. The van der Waals surface area contributed by atoms with Crippen molar-refractivity contribution >= 4 is 5.91 Å². The number of carbonyl (C=O) groups excluding carboxylic acids is 1. The predicted octanol–water partition coefficient (Wildman–Crippen LogP) is 0.570. The molecule has 2 aliphatic heterocycles. The molecule has 2 aliphatic rings. The van der Waals surface area contributed by atoms with Gasteiger partial charge in [0.1, 0.15) is 0 Å². The van der Waals surface area contributed by atoms with Crippen LogP contribution in [0.5, 0.6) is 0 Å². The lowest BCUT2D eigenvalue weighted by molar-refractivity contribution is 0.0933. The number of carbonyl (C=O) groups is 1. The van der Waals surface area contributed by atoms with Gasteiger partial charge in [-0.05, 0) is 31.0 Å². The Morgan fingerprint density at radius 1 is 1.30 bits per heavy atom. The number of nitrogens with one attached hydrogen (secondary N) is 1. The molecule has 0 spiro atoms. The van der Waals surface area contributed by atoms with Crippen molar-refractivity contribution in [2.24, 2.45) is 5.84 Å². The van der Waals surface area contributed by atoms with Crippen LogP contribution in [-0.2, 0) is 6.54 Å². The molecule has 0 saturated carbocycles. The van der Waals surface area contributed by atoms with Crippen LogP contribution in [0.3, 0.4) is 0 Å². The highest BCUT2D eigenvalue weighted by atomic mass is 16.2. The van der Waals surface area contributed by atoms with Gasteiger partial charge in [-0.15, -0.1) is 0 Å². The third-order valence-corrected chi connectivity index (χ3v) is 4.46. The molecule has 1 aromatic rings. The summed E-state index contributed by atoms with van der Waals surface area (Å²) in [5.41, 5.74) is 3.97. The Labute approximate surface area is 119 Å². The van der Waals surface area contributed by atoms with Crippen LogP contribution in [0.2, 0.25) is 0 Å². The molecule has 2 saturated heterocycles. The summed E-state index contributed by atoms with van der Waals surface area (Å²) in [5, 5.41) is 0. The van der Waals surface area contributed by atoms with Crippen molar-refractivity contribution in [2.75, 3.05) is 26.2 Å². The minimum atomic E-state index is -0.208. The van der Waals surface area contributed by atoms with E-state index >= 15 is 0 Å². The van der Waals surface area contributed by atoms with Gasteiger partial charge in [0.2, 0.25) is 0 Å². The van der Waals surface area contributed by atoms with Crippen LogP contribution in [0, 0.1) is 0 Å². The largest absolute Gasteiger partial charge is 0.298 e. The minimum absolute atomic E-state index is 0.208. The SMILES string of the molecule is NNC(=O)c1ccccc1CN1CCN2CCCC2C1. The first-order chi connectivity index (χ1) is 9.78. The molecule has 2 heterocycles. The highest BCUT2D eigenvalue weighted by Crippen LogP contribution is 2.23. The highest BCUT2D eigenvalue weighted by molar-refractivity contribution is 5.95. The summed E-state index contributed by atoms with van der Waals surface area (Å²) in [5.74, 6) is 5.05. The van der Waals surface area contributed by atoms with Crippen LogP contribution >= 0.6 is 0 Å². The Kier molecular flexibility index (Phi) is 4.00. The van der Waals surface area contributed by atoms with Gasteiger partial charge in [-0.25, -0.2) is 5.84 Å². The second-order valence-corrected chi connectivity index (χ2v) is 5.70. The maximum absolute atomic E-state index is 11.8. The van der Waals surface area contributed by atoms with Crippen LogP contribution < -0.4 is 11.3 Å². The van der Waals surface area contributed by atoms with Gasteiger partial charge >= 0.3 is 0 Å². The lowest BCUT2D eigenvalue weighted by Crippen LogP contribution is -2.49. The highest BCUT2D eigenvalue weighted by Gasteiger charge is 2.30. The van der Waals surface area contributed by atoms with E-state index in [1.165, 1.54) is 19.4 Å². The molecule has 3 N–H and O–H groups in total. The summed E-state index contributed by atoms with van der Waals surface area (Å²) in [6, 6.07) is 8.42. The van der Waals surface area contributed by atoms with Crippen molar-refractivity contribution in [1.82, 2.24) is 15.2 Å². The zero-order valence-corrected chi connectivity index (χ0v) is 11.7. The van der Waals surface area contributed by atoms with E-state index in [0.717, 1.165) is 31.7 Å². The summed E-state index contributed by atoms with van der Waals surface area (Å²) >= 11 is 0. The molecule has 5 nitrogen and oxygen atoms in total. The van der Waals surface area contributed by atoms with E-state index in [0.29, 0.717) is 11.6 Å². The molecule has 0 radical (unpaired) electrons. The zero-order valence-electron chi connectivity index (χ0n) is 11.7. The van der Waals surface area contributed by atoms with Crippen LogP contribution in [0.25, 0.3) is 0 Å². The van der Waals surface area contributed by atoms with Gasteiger partial charge in [0.15, 0.2) is 0 Å². The van der Waals surface area contributed by atoms with Crippen molar-refractivity contribution in [3.8, 4) is 0 Å². The standard InChI is InChI=1S/C15H22N4O/c16-17-15(20)14-6-2-1-4-12(14)10-18-8-9-19-7-3-5-13(19)11-18/h1-2,4,6,13H,3,5,7-11,16H2,(H,17,20). The first kappa shape index (κ1) is 13.5. The quantitative estimate of drug-likeness (QED) is 0.480. The molecule has 5 heteroatoms. The predicted molar refractivity (Wildman–Crippen MR) is 78.0 cm³/mol. The van der Waals surface area contributed by atoms with E-state index in [4.69, 9.17) is 5.84 Å². The number of rotatable bonds is 3. The van der Waals surface area contributed by atoms with E-state index in [2.05, 4.69) is 15.2 Å². The molecule has 1 atom stereocenters. The van der Waals surface area contributed by atoms with Gasteiger partial charge in [0, 0.05) is 37.8 Å². The summed E-state index contributed by atoms with van der Waals surface area (Å²) in [4.78, 5) is 16.8. The smallest absolute Gasteiger partial charge is 0.265 e. The molecule has 3 rings (SSSR count). The number of amides is 1. The van der Waals surface area contributed by atoms with Gasteiger partial charge in [-0.1, -0.05) is 18.2 Å². The minimum Gasteiger partial charge on any atom is -0.298 e. The lowest BCUT2D eigenvalue weighted by Gasteiger charge is -2.37. The van der Waals surface area contributed by atoms with Crippen LogP contribution in [0.15, 0.2) is 24.3 Å². The van der Waals surface area contributed by atoms with Gasteiger partial charge in [0.25, 0.3) is 5.91 Å². The zero-order chi connectivity index (χ0) is 13.9. The summed E-state index contributed by atoms with van der Waals surface area (Å²) < 4.78 is 0. The van der Waals surface area contributed by atoms with Gasteiger partial charge < -0.3 is 0 Å². The molecular formula is C15H22N4O. The normalized spacial score (nSPS) is 23.6. The number of piperazine rings is 1. The topological polar surface area (TPSA) is 61.6 Å². The summed E-state index contributed by atoms with van der Waals surface area (Å²) in [6.45, 7) is 5.42. The maximum Gasteiger partial charge on any atom is 0.265 e. The average molecular weight is 274 g/mol. The fourth-order valence-electron chi connectivity index (χ4n) is 3.40. The van der Waals surface area contributed by atoms with E-state index in [1.807, 2.05) is 24.3 Å². The molecular weight excluding hydrogens is 252 g/mol. The number of nitrogens with zero attached hydrogens (tertiary/aromatic N) is 2. The van der Waals surface area contributed by atoms with E-state index in [1.54, 1.807) is 0 Å². The van der Waals surface area contributed by atoms with Crippen LogP contribution in [0.1, 0.15) is 28.8 Å². The second-order valence-electron chi connectivity index (χ2n) is 5.70. The number of benzene rings is 1. The van der Waals surface area contributed by atoms with Crippen LogP contribution in [0.4, 0.5) is 0 Å². The first-order valence-corrected chi connectivity index (χ1v) is 7.33. The molecule has 1 amide bonds. The van der Waals surface area contributed by atoms with Crippen molar-refractivity contribution in [2.45, 2.75) is 25.4 Å². The summed E-state index contributed by atoms with van der Waals surface area (Å²) in [7, 11) is 0. The number of hydrogen-bond donors (Lipinski definition) is 2. The van der Waals surface area contributed by atoms with Crippen molar-refractivity contribution in [3.63, 3.8) is 0 Å². The fourth-order valence-corrected chi connectivity index (χ4v) is 3.40. The molecule has 108 valence electrons. The Balaban J connectivity index is 1.70. The first-order valence-electron chi connectivity index (χ1n) is 7.33.